The Balaban J connectivity index is 2.02. The smallest absolute Gasteiger partial charge is 0.254 e. The standard InChI is InChI=1S/C24H28N2O5/c1-14(2)26(13-18-10-16-9-15(3)7-8-19(16)25-23(18)27)24(28)17-11-20(29-4)22(31-6)21(12-17)30-5/h7-12,14H,13H2,1-6H3,(H,25,27). The van der Waals surface area contributed by atoms with Crippen molar-refractivity contribution in [1.82, 2.24) is 9.88 Å². The molecule has 1 aromatic heterocycles. The Hall–Kier alpha value is -3.48. The number of hydrogen-bond acceptors (Lipinski definition) is 5. The molecule has 0 fully saturated rings. The monoisotopic (exact) mass is 424 g/mol. The molecule has 0 aliphatic rings. The summed E-state index contributed by atoms with van der Waals surface area (Å²) >= 11 is 0. The zero-order valence-electron chi connectivity index (χ0n) is 18.7. The van der Waals surface area contributed by atoms with Gasteiger partial charge in [0, 0.05) is 22.7 Å². The third-order valence-corrected chi connectivity index (χ3v) is 5.21. The number of aromatic amines is 1. The normalized spacial score (nSPS) is 10.9. The van der Waals surface area contributed by atoms with Crippen LogP contribution in [0.25, 0.3) is 10.9 Å². The molecule has 2 aromatic carbocycles. The third kappa shape index (κ3) is 4.50. The van der Waals surface area contributed by atoms with Crippen LogP contribution in [-0.4, -0.2) is 43.2 Å². The van der Waals surface area contributed by atoms with Gasteiger partial charge in [-0.1, -0.05) is 11.6 Å². The van der Waals surface area contributed by atoms with Crippen molar-refractivity contribution >= 4 is 16.8 Å². The maximum absolute atomic E-state index is 13.4. The zero-order valence-corrected chi connectivity index (χ0v) is 18.7. The first-order valence-corrected chi connectivity index (χ1v) is 10.0. The first-order chi connectivity index (χ1) is 14.8. The van der Waals surface area contributed by atoms with Crippen molar-refractivity contribution in [3.63, 3.8) is 0 Å². The lowest BCUT2D eigenvalue weighted by Crippen LogP contribution is -2.38. The van der Waals surface area contributed by atoms with Crippen LogP contribution in [0.3, 0.4) is 0 Å². The molecule has 164 valence electrons. The van der Waals surface area contributed by atoms with E-state index in [1.807, 2.05) is 45.0 Å². The van der Waals surface area contributed by atoms with Crippen molar-refractivity contribution in [2.75, 3.05) is 21.3 Å². The number of methoxy groups -OCH3 is 3. The van der Waals surface area contributed by atoms with Gasteiger partial charge < -0.3 is 24.1 Å². The van der Waals surface area contributed by atoms with Crippen LogP contribution < -0.4 is 19.8 Å². The van der Waals surface area contributed by atoms with Gasteiger partial charge in [-0.25, -0.2) is 0 Å². The Labute approximate surface area is 181 Å². The summed E-state index contributed by atoms with van der Waals surface area (Å²) in [6.45, 7) is 6.00. The van der Waals surface area contributed by atoms with Gasteiger partial charge in [0.05, 0.1) is 27.9 Å². The lowest BCUT2D eigenvalue weighted by Gasteiger charge is -2.27. The summed E-state index contributed by atoms with van der Waals surface area (Å²) in [6, 6.07) is 10.8. The second-order valence-electron chi connectivity index (χ2n) is 7.66. The highest BCUT2D eigenvalue weighted by Crippen LogP contribution is 2.38. The summed E-state index contributed by atoms with van der Waals surface area (Å²) < 4.78 is 16.1. The zero-order chi connectivity index (χ0) is 22.7. The topological polar surface area (TPSA) is 80.9 Å². The van der Waals surface area contributed by atoms with Crippen molar-refractivity contribution in [3.8, 4) is 17.2 Å². The Morgan fingerprint density at radius 2 is 1.65 bits per heavy atom. The van der Waals surface area contributed by atoms with Gasteiger partial charge in [-0.3, -0.25) is 9.59 Å². The number of pyridine rings is 1. The first-order valence-electron chi connectivity index (χ1n) is 10.0. The van der Waals surface area contributed by atoms with Gasteiger partial charge >= 0.3 is 0 Å². The number of nitrogens with zero attached hydrogens (tertiary/aromatic N) is 1. The van der Waals surface area contributed by atoms with Crippen LogP contribution >= 0.6 is 0 Å². The molecule has 7 heteroatoms. The Morgan fingerprint density at radius 1 is 1.00 bits per heavy atom. The number of hydrogen-bond donors (Lipinski definition) is 1. The third-order valence-electron chi connectivity index (χ3n) is 5.21. The number of carbonyl (C=O) groups excluding carboxylic acids is 1. The molecule has 3 rings (SSSR count). The predicted octanol–water partition coefficient (Wildman–Crippen LogP) is 3.91. The van der Waals surface area contributed by atoms with E-state index in [0.29, 0.717) is 28.4 Å². The summed E-state index contributed by atoms with van der Waals surface area (Å²) in [5.74, 6) is 0.970. The molecule has 1 N–H and O–H groups in total. The number of nitrogens with one attached hydrogen (secondary N) is 1. The summed E-state index contributed by atoms with van der Waals surface area (Å²) in [6.07, 6.45) is 0. The van der Waals surface area contributed by atoms with Crippen LogP contribution in [0, 0.1) is 6.92 Å². The number of H-pyrrole nitrogens is 1. The van der Waals surface area contributed by atoms with Gasteiger partial charge in [-0.05, 0) is 56.5 Å². The van der Waals surface area contributed by atoms with Gasteiger partial charge in [-0.2, -0.15) is 0 Å². The average molecular weight is 424 g/mol. The van der Waals surface area contributed by atoms with E-state index >= 15 is 0 Å². The first kappa shape index (κ1) is 22.2. The fraction of sp³-hybridized carbons (Fsp3) is 0.333. The molecule has 0 atom stereocenters. The Bertz CT molecular complexity index is 1140. The highest BCUT2D eigenvalue weighted by Gasteiger charge is 2.24. The van der Waals surface area contributed by atoms with E-state index in [0.717, 1.165) is 16.5 Å². The molecule has 1 heterocycles. The van der Waals surface area contributed by atoms with Crippen LogP contribution in [0.5, 0.6) is 17.2 Å². The van der Waals surface area contributed by atoms with Gasteiger partial charge in [0.15, 0.2) is 11.5 Å². The lowest BCUT2D eigenvalue weighted by atomic mass is 10.1. The predicted molar refractivity (Wildman–Crippen MR) is 120 cm³/mol. The largest absolute Gasteiger partial charge is 0.493 e. The van der Waals surface area contributed by atoms with Crippen molar-refractivity contribution in [2.45, 2.75) is 33.4 Å². The minimum atomic E-state index is -0.238. The van der Waals surface area contributed by atoms with E-state index in [9.17, 15) is 9.59 Å². The maximum Gasteiger partial charge on any atom is 0.254 e. The van der Waals surface area contributed by atoms with Crippen molar-refractivity contribution in [1.29, 1.82) is 0 Å². The van der Waals surface area contributed by atoms with Crippen LogP contribution in [0.2, 0.25) is 0 Å². The van der Waals surface area contributed by atoms with Crippen molar-refractivity contribution < 1.29 is 19.0 Å². The second kappa shape index (κ2) is 9.12. The van der Waals surface area contributed by atoms with Crippen LogP contribution in [0.1, 0.15) is 35.3 Å². The van der Waals surface area contributed by atoms with Gasteiger partial charge in [0.2, 0.25) is 5.75 Å². The number of aryl methyl sites for hydroxylation is 1. The highest BCUT2D eigenvalue weighted by atomic mass is 16.5. The summed E-state index contributed by atoms with van der Waals surface area (Å²) in [4.78, 5) is 30.6. The number of benzene rings is 2. The molecular formula is C24H28N2O5. The molecule has 0 aliphatic carbocycles. The fourth-order valence-corrected chi connectivity index (χ4v) is 3.53. The van der Waals surface area contributed by atoms with Crippen LogP contribution in [0.4, 0.5) is 0 Å². The van der Waals surface area contributed by atoms with Gasteiger partial charge in [0.1, 0.15) is 0 Å². The Morgan fingerprint density at radius 3 is 2.19 bits per heavy atom. The molecule has 0 bridgehead atoms. The molecule has 7 nitrogen and oxygen atoms in total. The number of ether oxygens (including phenoxy) is 3. The molecular weight excluding hydrogens is 396 g/mol. The van der Waals surface area contributed by atoms with E-state index in [4.69, 9.17) is 14.2 Å². The van der Waals surface area contributed by atoms with E-state index in [1.54, 1.807) is 17.0 Å². The molecule has 3 aromatic rings. The molecule has 0 saturated heterocycles. The number of carbonyl (C=O) groups is 1. The number of aromatic nitrogens is 1. The minimum absolute atomic E-state index is 0.140. The van der Waals surface area contributed by atoms with Gasteiger partial charge in [0.25, 0.3) is 11.5 Å². The molecule has 0 saturated carbocycles. The minimum Gasteiger partial charge on any atom is -0.493 e. The average Bonchev–Trinajstić information content (AvgIpc) is 2.75. The van der Waals surface area contributed by atoms with Crippen LogP contribution in [-0.2, 0) is 6.54 Å². The van der Waals surface area contributed by atoms with Crippen LogP contribution in [0.15, 0.2) is 41.2 Å². The molecule has 31 heavy (non-hydrogen) atoms. The molecule has 0 spiro atoms. The quantitative estimate of drug-likeness (QED) is 0.622. The summed E-state index contributed by atoms with van der Waals surface area (Å²) in [5, 5.41) is 0.929. The highest BCUT2D eigenvalue weighted by molar-refractivity contribution is 5.96. The molecule has 0 radical (unpaired) electrons. The maximum atomic E-state index is 13.4. The molecule has 0 aliphatic heterocycles. The van der Waals surface area contributed by atoms with E-state index < -0.39 is 0 Å². The van der Waals surface area contributed by atoms with Crippen molar-refractivity contribution in [3.05, 3.63) is 63.4 Å². The Kier molecular flexibility index (Phi) is 6.53. The molecule has 1 amide bonds. The lowest BCUT2D eigenvalue weighted by molar-refractivity contribution is 0.0689. The summed E-state index contributed by atoms with van der Waals surface area (Å²) in [7, 11) is 4.51. The number of fused-ring (bicyclic) bond motifs is 1. The fourth-order valence-electron chi connectivity index (χ4n) is 3.53. The number of rotatable bonds is 7. The molecule has 0 unspecified atom stereocenters. The second-order valence-corrected chi connectivity index (χ2v) is 7.66. The van der Waals surface area contributed by atoms with E-state index in [1.165, 1.54) is 21.3 Å². The van der Waals surface area contributed by atoms with E-state index in [2.05, 4.69) is 4.98 Å². The van der Waals surface area contributed by atoms with Crippen molar-refractivity contribution in [2.24, 2.45) is 0 Å². The van der Waals surface area contributed by atoms with E-state index in [-0.39, 0.29) is 24.1 Å². The summed E-state index contributed by atoms with van der Waals surface area (Å²) in [5.41, 5.74) is 2.56. The number of amides is 1. The SMILES string of the molecule is COc1cc(C(=O)N(Cc2cc3cc(C)ccc3[nH]c2=O)C(C)C)cc(OC)c1OC. The van der Waals surface area contributed by atoms with Gasteiger partial charge in [-0.15, -0.1) is 0 Å².